The quantitative estimate of drug-likeness (QED) is 0.265. The van der Waals surface area contributed by atoms with Gasteiger partial charge in [0.05, 0.1) is 22.8 Å². The van der Waals surface area contributed by atoms with Gasteiger partial charge in [0.1, 0.15) is 17.0 Å². The molecule has 1 amide bonds. The van der Waals surface area contributed by atoms with Crippen molar-refractivity contribution >= 4 is 50.2 Å². The normalized spacial score (nSPS) is 14.6. The second-order valence-electron chi connectivity index (χ2n) is 9.99. The third kappa shape index (κ3) is 5.37. The molecule has 214 valence electrons. The fourth-order valence-corrected chi connectivity index (χ4v) is 6.89. The maximum atomic E-state index is 13.4. The van der Waals surface area contributed by atoms with Crippen LogP contribution in [0, 0.1) is 20.8 Å². The van der Waals surface area contributed by atoms with Crippen molar-refractivity contribution in [1.82, 2.24) is 29.3 Å². The minimum atomic E-state index is -3.89. The molecule has 4 heterocycles. The Morgan fingerprint density at radius 3 is 2.48 bits per heavy atom. The first-order valence-electron chi connectivity index (χ1n) is 13.0. The summed E-state index contributed by atoms with van der Waals surface area (Å²) in [5.41, 5.74) is 3.22. The van der Waals surface area contributed by atoms with Crippen molar-refractivity contribution < 1.29 is 13.2 Å². The fraction of sp³-hybridized carbons (Fsp3) is 0.214. The van der Waals surface area contributed by atoms with Crippen LogP contribution in [0.1, 0.15) is 29.5 Å². The number of aromatic nitrogens is 6. The first-order valence-corrected chi connectivity index (χ1v) is 15.5. The van der Waals surface area contributed by atoms with Crippen molar-refractivity contribution in [1.29, 1.82) is 0 Å². The minimum absolute atomic E-state index is 0.0170. The van der Waals surface area contributed by atoms with Crippen LogP contribution in [0.25, 0.3) is 16.7 Å². The van der Waals surface area contributed by atoms with E-state index in [-0.39, 0.29) is 34.6 Å². The number of hydrogen-bond acceptors (Lipinski definition) is 9. The standard InChI is InChI=1S/C28H26N8O4S2/c1-16-4-8-20(9-5-16)36-26-23(14-29-36)27(38)35-21(15-41-28(35)33-26)13-25(37)32-19-6-10-22(11-7-19)42(39,40)34-24-12-17(2)30-18(3)31-24/h4-12,14,21H,13,15H2,1-3H3,(H,32,37)(H,30,31,34). The maximum absolute atomic E-state index is 13.4. The molecule has 12 nitrogen and oxygen atoms in total. The number of aryl methyl sites for hydroxylation is 3. The lowest BCUT2D eigenvalue weighted by Gasteiger charge is -2.14. The molecule has 0 aliphatic carbocycles. The highest BCUT2D eigenvalue weighted by molar-refractivity contribution is 7.99. The SMILES string of the molecule is Cc1ccc(-n2ncc3c(=O)n4c(nc32)SCC4CC(=O)Nc2ccc(S(=O)(=O)Nc3cc(C)nc(C)n3)cc2)cc1. The lowest BCUT2D eigenvalue weighted by molar-refractivity contribution is -0.116. The Morgan fingerprint density at radius 2 is 1.76 bits per heavy atom. The van der Waals surface area contributed by atoms with Crippen LogP contribution in [-0.2, 0) is 14.8 Å². The number of fused-ring (bicyclic) bond motifs is 2. The Bertz CT molecular complexity index is 1980. The molecular weight excluding hydrogens is 576 g/mol. The lowest BCUT2D eigenvalue weighted by Crippen LogP contribution is -2.27. The molecule has 3 aromatic heterocycles. The largest absolute Gasteiger partial charge is 0.326 e. The van der Waals surface area contributed by atoms with Gasteiger partial charge in [-0.15, -0.1) is 0 Å². The number of benzene rings is 2. The monoisotopic (exact) mass is 602 g/mol. The van der Waals surface area contributed by atoms with E-state index in [4.69, 9.17) is 4.98 Å². The van der Waals surface area contributed by atoms with Crippen LogP contribution in [0.3, 0.4) is 0 Å². The van der Waals surface area contributed by atoms with Gasteiger partial charge in [-0.25, -0.2) is 28.1 Å². The van der Waals surface area contributed by atoms with Crippen LogP contribution in [0.2, 0.25) is 0 Å². The highest BCUT2D eigenvalue weighted by Gasteiger charge is 2.29. The van der Waals surface area contributed by atoms with Gasteiger partial charge in [-0.3, -0.25) is 18.9 Å². The molecule has 6 rings (SSSR count). The summed E-state index contributed by atoms with van der Waals surface area (Å²) in [5, 5.41) is 8.10. The second-order valence-corrected chi connectivity index (χ2v) is 12.7. The van der Waals surface area contributed by atoms with Crippen LogP contribution in [0.4, 0.5) is 11.5 Å². The van der Waals surface area contributed by atoms with E-state index in [9.17, 15) is 18.0 Å². The van der Waals surface area contributed by atoms with Crippen molar-refractivity contribution in [3.8, 4) is 5.69 Å². The van der Waals surface area contributed by atoms with E-state index in [0.717, 1.165) is 11.3 Å². The Morgan fingerprint density at radius 1 is 1.02 bits per heavy atom. The third-order valence-electron chi connectivity index (χ3n) is 6.72. The molecule has 1 aliphatic heterocycles. The topological polar surface area (TPSA) is 154 Å². The van der Waals surface area contributed by atoms with Gasteiger partial charge in [-0.2, -0.15) is 5.10 Å². The zero-order valence-corrected chi connectivity index (χ0v) is 24.5. The van der Waals surface area contributed by atoms with Crippen molar-refractivity contribution in [3.63, 3.8) is 0 Å². The van der Waals surface area contributed by atoms with E-state index in [2.05, 4.69) is 25.1 Å². The van der Waals surface area contributed by atoms with Gasteiger partial charge in [0, 0.05) is 29.6 Å². The Balaban J connectivity index is 1.15. The molecule has 0 spiro atoms. The van der Waals surface area contributed by atoms with Gasteiger partial charge in [-0.1, -0.05) is 29.5 Å². The van der Waals surface area contributed by atoms with Crippen LogP contribution >= 0.6 is 11.8 Å². The zero-order valence-electron chi connectivity index (χ0n) is 22.9. The van der Waals surface area contributed by atoms with Crippen LogP contribution in [0.5, 0.6) is 0 Å². The summed E-state index contributed by atoms with van der Waals surface area (Å²) in [6.45, 7) is 5.43. The van der Waals surface area contributed by atoms with Gasteiger partial charge < -0.3 is 5.32 Å². The molecule has 1 unspecified atom stereocenters. The van der Waals surface area contributed by atoms with Crippen LogP contribution < -0.4 is 15.6 Å². The smallest absolute Gasteiger partial charge is 0.265 e. The van der Waals surface area contributed by atoms with E-state index in [1.165, 1.54) is 42.2 Å². The van der Waals surface area contributed by atoms with E-state index in [1.54, 1.807) is 29.2 Å². The summed E-state index contributed by atoms with van der Waals surface area (Å²) in [4.78, 5) is 39.4. The van der Waals surface area contributed by atoms with E-state index < -0.39 is 10.0 Å². The number of nitrogens with zero attached hydrogens (tertiary/aromatic N) is 6. The van der Waals surface area contributed by atoms with Crippen LogP contribution in [-0.4, -0.2) is 49.4 Å². The summed E-state index contributed by atoms with van der Waals surface area (Å²) in [6.07, 6.45) is 1.56. The van der Waals surface area contributed by atoms with Gasteiger partial charge in [-0.05, 0) is 57.2 Å². The summed E-state index contributed by atoms with van der Waals surface area (Å²) >= 11 is 1.42. The average molecular weight is 603 g/mol. The molecule has 2 aromatic carbocycles. The van der Waals surface area contributed by atoms with E-state index in [1.807, 2.05) is 31.2 Å². The number of anilines is 2. The molecule has 0 saturated heterocycles. The van der Waals surface area contributed by atoms with E-state index >= 15 is 0 Å². The number of rotatable bonds is 7. The maximum Gasteiger partial charge on any atom is 0.265 e. The van der Waals surface area contributed by atoms with Gasteiger partial charge in [0.2, 0.25) is 5.91 Å². The highest BCUT2D eigenvalue weighted by atomic mass is 32.2. The molecule has 0 bridgehead atoms. The predicted molar refractivity (Wildman–Crippen MR) is 160 cm³/mol. The molecule has 0 radical (unpaired) electrons. The lowest BCUT2D eigenvalue weighted by atomic mass is 10.2. The molecule has 1 aliphatic rings. The first-order chi connectivity index (χ1) is 20.1. The molecule has 42 heavy (non-hydrogen) atoms. The van der Waals surface area contributed by atoms with Gasteiger partial charge in [0.15, 0.2) is 10.8 Å². The number of sulfonamides is 1. The molecule has 14 heteroatoms. The predicted octanol–water partition coefficient (Wildman–Crippen LogP) is 3.77. The summed E-state index contributed by atoms with van der Waals surface area (Å²) in [6, 6.07) is 14.8. The fourth-order valence-electron chi connectivity index (χ4n) is 4.77. The second kappa shape index (κ2) is 10.7. The summed E-state index contributed by atoms with van der Waals surface area (Å²) in [5.74, 6) is 0.840. The molecule has 0 fully saturated rings. The average Bonchev–Trinajstić information content (AvgIpc) is 3.53. The van der Waals surface area contributed by atoms with Crippen molar-refractivity contribution in [2.75, 3.05) is 15.8 Å². The Kier molecular flexibility index (Phi) is 7.02. The summed E-state index contributed by atoms with van der Waals surface area (Å²) in [7, 11) is -3.89. The zero-order chi connectivity index (χ0) is 29.6. The summed E-state index contributed by atoms with van der Waals surface area (Å²) < 4.78 is 31.3. The number of carbonyl (C=O) groups is 1. The molecule has 2 N–H and O–H groups in total. The Hall–Kier alpha value is -4.56. The number of nitrogens with one attached hydrogen (secondary N) is 2. The van der Waals surface area contributed by atoms with Crippen molar-refractivity contribution in [3.05, 3.63) is 88.2 Å². The first kappa shape index (κ1) is 27.6. The number of thioether (sulfide) groups is 1. The molecule has 1 atom stereocenters. The molecule has 5 aromatic rings. The Labute approximate surface area is 245 Å². The van der Waals surface area contributed by atoms with Crippen molar-refractivity contribution in [2.24, 2.45) is 0 Å². The van der Waals surface area contributed by atoms with Gasteiger partial charge in [0.25, 0.3) is 15.6 Å². The van der Waals surface area contributed by atoms with Gasteiger partial charge >= 0.3 is 0 Å². The number of hydrogen-bond donors (Lipinski definition) is 2. The minimum Gasteiger partial charge on any atom is -0.326 e. The third-order valence-corrected chi connectivity index (χ3v) is 9.19. The van der Waals surface area contributed by atoms with Crippen molar-refractivity contribution in [2.45, 2.75) is 43.3 Å². The molecule has 0 saturated carbocycles. The number of carbonyl (C=O) groups excluding carboxylic acids is 1. The van der Waals surface area contributed by atoms with Crippen LogP contribution in [0.15, 0.2) is 75.6 Å². The van der Waals surface area contributed by atoms with E-state index in [0.29, 0.717) is 39.1 Å². The highest BCUT2D eigenvalue weighted by Crippen LogP contribution is 2.33. The number of amides is 1. The molecular formula is C28H26N8O4S2.